The Hall–Kier alpha value is -1.68. The van der Waals surface area contributed by atoms with Gasteiger partial charge in [-0.15, -0.1) is 0 Å². The Morgan fingerprint density at radius 2 is 2.17 bits per heavy atom. The van der Waals surface area contributed by atoms with Crippen LogP contribution in [0.4, 0.5) is 4.39 Å². The average molecular weight is 247 g/mol. The number of hydrogen-bond donors (Lipinski definition) is 1. The second-order valence-electron chi connectivity index (χ2n) is 4.39. The predicted molar refractivity (Wildman–Crippen MR) is 70.4 cm³/mol. The lowest BCUT2D eigenvalue weighted by Crippen LogP contribution is -2.18. The van der Waals surface area contributed by atoms with Crippen molar-refractivity contribution in [1.29, 1.82) is 0 Å². The zero-order valence-electron chi connectivity index (χ0n) is 10.9. The second kappa shape index (κ2) is 5.31. The van der Waals surface area contributed by atoms with E-state index >= 15 is 0 Å². The first-order valence-electron chi connectivity index (χ1n) is 6.17. The van der Waals surface area contributed by atoms with Gasteiger partial charge in [-0.3, -0.25) is 0 Å². The molecule has 1 atom stereocenters. The predicted octanol–water partition coefficient (Wildman–Crippen LogP) is 2.99. The van der Waals surface area contributed by atoms with E-state index in [1.54, 1.807) is 23.0 Å². The summed E-state index contributed by atoms with van der Waals surface area (Å²) in [6, 6.07) is 7.28. The highest BCUT2D eigenvalue weighted by molar-refractivity contribution is 5.37. The smallest absolute Gasteiger partial charge is 0.149 e. The molecule has 0 saturated heterocycles. The molecule has 1 aromatic carbocycles. The maximum Gasteiger partial charge on any atom is 0.149 e. The summed E-state index contributed by atoms with van der Waals surface area (Å²) in [5, 5.41) is 7.48. The number of nitrogens with one attached hydrogen (secondary N) is 1. The van der Waals surface area contributed by atoms with Gasteiger partial charge in [0.25, 0.3) is 0 Å². The first kappa shape index (κ1) is 12.8. The van der Waals surface area contributed by atoms with Crippen LogP contribution in [0.15, 0.2) is 30.5 Å². The van der Waals surface area contributed by atoms with Gasteiger partial charge in [0.1, 0.15) is 11.5 Å². The third kappa shape index (κ3) is 2.59. The second-order valence-corrected chi connectivity index (χ2v) is 4.39. The summed E-state index contributed by atoms with van der Waals surface area (Å²) in [5.74, 6) is -0.250. The lowest BCUT2D eigenvalue weighted by molar-refractivity contribution is 0.577. The summed E-state index contributed by atoms with van der Waals surface area (Å²) in [6.07, 6.45) is 1.77. The van der Waals surface area contributed by atoms with E-state index in [0.29, 0.717) is 5.69 Å². The quantitative estimate of drug-likeness (QED) is 0.900. The standard InChI is InChI=1S/C14H18FN3/c1-4-16-11(3)12-5-6-14(13(15)9-12)18-8-7-10(2)17-18/h5-9,11,16H,4H2,1-3H3. The molecule has 1 N–H and O–H groups in total. The molecule has 0 aliphatic heterocycles. The van der Waals surface area contributed by atoms with Crippen molar-refractivity contribution < 1.29 is 4.39 Å². The van der Waals surface area contributed by atoms with Gasteiger partial charge in [0.05, 0.1) is 5.69 Å². The van der Waals surface area contributed by atoms with Crippen LogP contribution < -0.4 is 5.32 Å². The van der Waals surface area contributed by atoms with Crippen molar-refractivity contribution in [2.24, 2.45) is 0 Å². The lowest BCUT2D eigenvalue weighted by atomic mass is 10.1. The molecule has 0 aliphatic rings. The van der Waals surface area contributed by atoms with E-state index in [0.717, 1.165) is 17.8 Å². The van der Waals surface area contributed by atoms with Crippen molar-refractivity contribution in [1.82, 2.24) is 15.1 Å². The summed E-state index contributed by atoms with van der Waals surface area (Å²) in [4.78, 5) is 0. The normalized spacial score (nSPS) is 12.7. The maximum atomic E-state index is 14.1. The highest BCUT2D eigenvalue weighted by Crippen LogP contribution is 2.19. The van der Waals surface area contributed by atoms with E-state index in [1.807, 2.05) is 32.9 Å². The Balaban J connectivity index is 2.30. The Morgan fingerprint density at radius 1 is 1.39 bits per heavy atom. The summed E-state index contributed by atoms with van der Waals surface area (Å²) in [6.45, 7) is 6.81. The highest BCUT2D eigenvalue weighted by Gasteiger charge is 2.10. The summed E-state index contributed by atoms with van der Waals surface area (Å²) in [5.41, 5.74) is 2.30. The Kier molecular flexibility index (Phi) is 3.77. The van der Waals surface area contributed by atoms with Crippen molar-refractivity contribution in [2.75, 3.05) is 6.54 Å². The van der Waals surface area contributed by atoms with E-state index in [2.05, 4.69) is 10.4 Å². The minimum Gasteiger partial charge on any atom is -0.310 e. The van der Waals surface area contributed by atoms with Gasteiger partial charge in [0.15, 0.2) is 0 Å². The minimum absolute atomic E-state index is 0.151. The number of benzene rings is 1. The van der Waals surface area contributed by atoms with Gasteiger partial charge < -0.3 is 5.32 Å². The van der Waals surface area contributed by atoms with Crippen LogP contribution in [0, 0.1) is 12.7 Å². The summed E-state index contributed by atoms with van der Waals surface area (Å²) in [7, 11) is 0. The van der Waals surface area contributed by atoms with Gasteiger partial charge >= 0.3 is 0 Å². The van der Waals surface area contributed by atoms with Gasteiger partial charge in [-0.05, 0) is 44.2 Å². The molecule has 0 fully saturated rings. The molecule has 2 rings (SSSR count). The fourth-order valence-electron chi connectivity index (χ4n) is 1.95. The molecule has 0 saturated carbocycles. The molecule has 0 radical (unpaired) electrons. The van der Waals surface area contributed by atoms with Crippen LogP contribution in [0.1, 0.15) is 31.1 Å². The van der Waals surface area contributed by atoms with E-state index in [4.69, 9.17) is 0 Å². The molecule has 1 unspecified atom stereocenters. The van der Waals surface area contributed by atoms with Gasteiger partial charge in [0, 0.05) is 12.2 Å². The van der Waals surface area contributed by atoms with Gasteiger partial charge in [0.2, 0.25) is 0 Å². The molecule has 0 amide bonds. The van der Waals surface area contributed by atoms with Crippen molar-refractivity contribution in [3.8, 4) is 5.69 Å². The van der Waals surface area contributed by atoms with Crippen molar-refractivity contribution in [3.63, 3.8) is 0 Å². The van der Waals surface area contributed by atoms with Crippen LogP contribution in [-0.4, -0.2) is 16.3 Å². The molecule has 0 bridgehead atoms. The van der Waals surface area contributed by atoms with E-state index in [9.17, 15) is 4.39 Å². The highest BCUT2D eigenvalue weighted by atomic mass is 19.1. The molecular weight excluding hydrogens is 229 g/mol. The first-order chi connectivity index (χ1) is 8.61. The molecule has 96 valence electrons. The van der Waals surface area contributed by atoms with Gasteiger partial charge in [-0.1, -0.05) is 13.0 Å². The first-order valence-corrected chi connectivity index (χ1v) is 6.17. The van der Waals surface area contributed by atoms with Gasteiger partial charge in [-0.2, -0.15) is 5.10 Å². The number of hydrogen-bond acceptors (Lipinski definition) is 2. The SMILES string of the molecule is CCNC(C)c1ccc(-n2ccc(C)n2)c(F)c1. The number of aryl methyl sites for hydroxylation is 1. The van der Waals surface area contributed by atoms with Crippen LogP contribution in [-0.2, 0) is 0 Å². The van der Waals surface area contributed by atoms with E-state index in [1.165, 1.54) is 0 Å². The molecule has 18 heavy (non-hydrogen) atoms. The molecule has 1 heterocycles. The molecule has 0 spiro atoms. The number of halogens is 1. The fraction of sp³-hybridized carbons (Fsp3) is 0.357. The zero-order chi connectivity index (χ0) is 13.1. The topological polar surface area (TPSA) is 29.9 Å². The van der Waals surface area contributed by atoms with E-state index < -0.39 is 0 Å². The number of nitrogens with zero attached hydrogens (tertiary/aromatic N) is 2. The fourth-order valence-corrected chi connectivity index (χ4v) is 1.95. The minimum atomic E-state index is -0.250. The molecule has 4 heteroatoms. The van der Waals surface area contributed by atoms with Crippen molar-refractivity contribution in [3.05, 3.63) is 47.5 Å². The summed E-state index contributed by atoms with van der Waals surface area (Å²) >= 11 is 0. The Bertz CT molecular complexity index is 534. The molecular formula is C14H18FN3. The number of rotatable bonds is 4. The Labute approximate surface area is 107 Å². The third-order valence-electron chi connectivity index (χ3n) is 2.95. The van der Waals surface area contributed by atoms with Gasteiger partial charge in [-0.25, -0.2) is 9.07 Å². The molecule has 1 aromatic heterocycles. The van der Waals surface area contributed by atoms with Crippen molar-refractivity contribution in [2.45, 2.75) is 26.8 Å². The van der Waals surface area contributed by atoms with Crippen LogP contribution in [0.3, 0.4) is 0 Å². The summed E-state index contributed by atoms with van der Waals surface area (Å²) < 4.78 is 15.6. The van der Waals surface area contributed by atoms with E-state index in [-0.39, 0.29) is 11.9 Å². The molecule has 2 aromatic rings. The Morgan fingerprint density at radius 3 is 2.72 bits per heavy atom. The zero-order valence-corrected chi connectivity index (χ0v) is 10.9. The average Bonchev–Trinajstić information content (AvgIpc) is 2.76. The lowest BCUT2D eigenvalue weighted by Gasteiger charge is -2.14. The number of aromatic nitrogens is 2. The van der Waals surface area contributed by atoms with Crippen LogP contribution >= 0.6 is 0 Å². The largest absolute Gasteiger partial charge is 0.310 e. The molecule has 0 aliphatic carbocycles. The maximum absolute atomic E-state index is 14.1. The van der Waals surface area contributed by atoms with Crippen LogP contribution in [0.25, 0.3) is 5.69 Å². The van der Waals surface area contributed by atoms with Crippen LogP contribution in [0.2, 0.25) is 0 Å². The monoisotopic (exact) mass is 247 g/mol. The third-order valence-corrected chi connectivity index (χ3v) is 2.95. The van der Waals surface area contributed by atoms with Crippen LogP contribution in [0.5, 0.6) is 0 Å². The van der Waals surface area contributed by atoms with Crippen molar-refractivity contribution >= 4 is 0 Å². The molecule has 3 nitrogen and oxygen atoms in total.